The Kier molecular flexibility index (Phi) is 3.80. The van der Waals surface area contributed by atoms with E-state index in [9.17, 15) is 0 Å². The van der Waals surface area contributed by atoms with Gasteiger partial charge < -0.3 is 9.32 Å². The van der Waals surface area contributed by atoms with Crippen molar-refractivity contribution in [3.05, 3.63) is 35.7 Å². The first-order valence-corrected chi connectivity index (χ1v) is 7.01. The van der Waals surface area contributed by atoms with Crippen molar-refractivity contribution in [1.82, 2.24) is 20.0 Å². The first-order chi connectivity index (χ1) is 9.72. The molecule has 2 heterocycles. The van der Waals surface area contributed by atoms with Gasteiger partial charge in [0.15, 0.2) is 0 Å². The highest BCUT2D eigenvalue weighted by Gasteiger charge is 2.17. The van der Waals surface area contributed by atoms with E-state index in [2.05, 4.69) is 40.0 Å². The monoisotopic (exact) mass is 272 g/mol. The van der Waals surface area contributed by atoms with Gasteiger partial charge in [-0.25, -0.2) is 0 Å². The van der Waals surface area contributed by atoms with Gasteiger partial charge in [-0.3, -0.25) is 4.90 Å². The van der Waals surface area contributed by atoms with Gasteiger partial charge in [0.25, 0.3) is 0 Å². The highest BCUT2D eigenvalue weighted by atomic mass is 16.4. The molecule has 0 unspecified atom stereocenters. The summed E-state index contributed by atoms with van der Waals surface area (Å²) in [5.74, 6) is 1.32. The van der Waals surface area contributed by atoms with Crippen LogP contribution in [0.25, 0.3) is 11.5 Å². The molecule has 5 nitrogen and oxygen atoms in total. The Morgan fingerprint density at radius 3 is 2.60 bits per heavy atom. The van der Waals surface area contributed by atoms with E-state index in [4.69, 9.17) is 4.42 Å². The van der Waals surface area contributed by atoms with Crippen LogP contribution in [0.1, 0.15) is 11.5 Å². The van der Waals surface area contributed by atoms with Crippen LogP contribution in [0.15, 0.2) is 28.7 Å². The van der Waals surface area contributed by atoms with Gasteiger partial charge in [0.1, 0.15) is 0 Å². The number of nitrogens with zero attached hydrogens (tertiary/aromatic N) is 4. The summed E-state index contributed by atoms with van der Waals surface area (Å²) in [5.41, 5.74) is 2.17. The molecule has 0 aliphatic carbocycles. The molecule has 1 aliphatic heterocycles. The molecule has 5 heteroatoms. The van der Waals surface area contributed by atoms with Crippen LogP contribution in [0.2, 0.25) is 0 Å². The van der Waals surface area contributed by atoms with E-state index in [0.717, 1.165) is 43.9 Å². The van der Waals surface area contributed by atoms with Crippen LogP contribution in [0.3, 0.4) is 0 Å². The molecule has 0 amide bonds. The zero-order valence-electron chi connectivity index (χ0n) is 12.0. The molecule has 1 aliphatic rings. The molecule has 1 saturated heterocycles. The topological polar surface area (TPSA) is 45.4 Å². The minimum Gasteiger partial charge on any atom is -0.419 e. The Hall–Kier alpha value is -1.72. The largest absolute Gasteiger partial charge is 0.419 e. The molecule has 1 fully saturated rings. The number of benzene rings is 1. The SMILES string of the molecule is Cc1ccccc1-c1nnc(CN2CCN(C)CC2)o1. The molecule has 0 radical (unpaired) electrons. The fourth-order valence-corrected chi connectivity index (χ4v) is 2.44. The second kappa shape index (κ2) is 5.73. The maximum absolute atomic E-state index is 5.80. The van der Waals surface area contributed by atoms with E-state index < -0.39 is 0 Å². The highest BCUT2D eigenvalue weighted by molar-refractivity contribution is 5.57. The first kappa shape index (κ1) is 13.3. The van der Waals surface area contributed by atoms with Crippen molar-refractivity contribution in [3.8, 4) is 11.5 Å². The smallest absolute Gasteiger partial charge is 0.248 e. The Labute approximate surface area is 119 Å². The van der Waals surface area contributed by atoms with Gasteiger partial charge in [-0.15, -0.1) is 10.2 Å². The summed E-state index contributed by atoms with van der Waals surface area (Å²) >= 11 is 0. The molecule has 0 N–H and O–H groups in total. The van der Waals surface area contributed by atoms with Crippen molar-refractivity contribution < 1.29 is 4.42 Å². The van der Waals surface area contributed by atoms with Crippen molar-refractivity contribution >= 4 is 0 Å². The van der Waals surface area contributed by atoms with Crippen molar-refractivity contribution in [1.29, 1.82) is 0 Å². The summed E-state index contributed by atoms with van der Waals surface area (Å²) in [6, 6.07) is 8.08. The summed E-state index contributed by atoms with van der Waals surface area (Å²) in [6.45, 7) is 7.10. The van der Waals surface area contributed by atoms with Crippen molar-refractivity contribution in [2.45, 2.75) is 13.5 Å². The number of rotatable bonds is 3. The zero-order chi connectivity index (χ0) is 13.9. The van der Waals surface area contributed by atoms with Crippen LogP contribution < -0.4 is 0 Å². The number of likely N-dealkylation sites (N-methyl/N-ethyl adjacent to an activating group) is 1. The molecular weight excluding hydrogens is 252 g/mol. The van der Waals surface area contributed by atoms with Gasteiger partial charge >= 0.3 is 0 Å². The third-order valence-corrected chi connectivity index (χ3v) is 3.80. The minimum atomic E-state index is 0.618. The van der Waals surface area contributed by atoms with Crippen LogP contribution in [-0.2, 0) is 6.54 Å². The number of piperazine rings is 1. The van der Waals surface area contributed by atoms with Gasteiger partial charge in [0.05, 0.1) is 6.54 Å². The average Bonchev–Trinajstić information content (AvgIpc) is 2.90. The number of aryl methyl sites for hydroxylation is 1. The van der Waals surface area contributed by atoms with Crippen LogP contribution >= 0.6 is 0 Å². The second-order valence-electron chi connectivity index (χ2n) is 5.40. The van der Waals surface area contributed by atoms with Crippen molar-refractivity contribution in [2.24, 2.45) is 0 Å². The van der Waals surface area contributed by atoms with E-state index in [1.165, 1.54) is 0 Å². The molecular formula is C15H20N4O. The average molecular weight is 272 g/mol. The number of aromatic nitrogens is 2. The fraction of sp³-hybridized carbons (Fsp3) is 0.467. The summed E-state index contributed by atoms with van der Waals surface area (Å²) in [7, 11) is 2.15. The lowest BCUT2D eigenvalue weighted by atomic mass is 10.1. The van der Waals surface area contributed by atoms with E-state index in [-0.39, 0.29) is 0 Å². The van der Waals surface area contributed by atoms with E-state index in [1.807, 2.05) is 18.2 Å². The summed E-state index contributed by atoms with van der Waals surface area (Å²) in [5, 5.41) is 8.35. The fourth-order valence-electron chi connectivity index (χ4n) is 2.44. The van der Waals surface area contributed by atoms with E-state index in [0.29, 0.717) is 11.8 Å². The zero-order valence-corrected chi connectivity index (χ0v) is 12.0. The van der Waals surface area contributed by atoms with Crippen molar-refractivity contribution in [3.63, 3.8) is 0 Å². The van der Waals surface area contributed by atoms with Crippen LogP contribution in [0.5, 0.6) is 0 Å². The first-order valence-electron chi connectivity index (χ1n) is 7.01. The molecule has 1 aromatic carbocycles. The Morgan fingerprint density at radius 2 is 1.85 bits per heavy atom. The maximum Gasteiger partial charge on any atom is 0.248 e. The summed E-state index contributed by atoms with van der Waals surface area (Å²) in [6.07, 6.45) is 0. The van der Waals surface area contributed by atoms with Crippen LogP contribution in [0.4, 0.5) is 0 Å². The van der Waals surface area contributed by atoms with Crippen molar-refractivity contribution in [2.75, 3.05) is 33.2 Å². The van der Waals surface area contributed by atoms with Gasteiger partial charge in [-0.2, -0.15) is 0 Å². The Bertz CT molecular complexity index is 573. The van der Waals surface area contributed by atoms with Crippen LogP contribution in [0, 0.1) is 6.92 Å². The second-order valence-corrected chi connectivity index (χ2v) is 5.40. The quantitative estimate of drug-likeness (QED) is 0.852. The lowest BCUT2D eigenvalue weighted by molar-refractivity contribution is 0.138. The predicted molar refractivity (Wildman–Crippen MR) is 77.2 cm³/mol. The van der Waals surface area contributed by atoms with E-state index in [1.54, 1.807) is 0 Å². The highest BCUT2D eigenvalue weighted by Crippen LogP contribution is 2.22. The predicted octanol–water partition coefficient (Wildman–Crippen LogP) is 1.79. The molecule has 0 spiro atoms. The minimum absolute atomic E-state index is 0.618. The number of hydrogen-bond acceptors (Lipinski definition) is 5. The van der Waals surface area contributed by atoms with Gasteiger partial charge in [0, 0.05) is 31.7 Å². The van der Waals surface area contributed by atoms with Gasteiger partial charge in [-0.1, -0.05) is 18.2 Å². The molecule has 0 atom stereocenters. The third kappa shape index (κ3) is 2.89. The van der Waals surface area contributed by atoms with E-state index >= 15 is 0 Å². The molecule has 2 aromatic rings. The standard InChI is InChI=1S/C15H20N4O/c1-12-5-3-4-6-13(12)15-17-16-14(20-15)11-19-9-7-18(2)8-10-19/h3-6H,7-11H2,1-2H3. The molecule has 106 valence electrons. The lowest BCUT2D eigenvalue weighted by Crippen LogP contribution is -2.43. The summed E-state index contributed by atoms with van der Waals surface area (Å²) in [4.78, 5) is 4.69. The summed E-state index contributed by atoms with van der Waals surface area (Å²) < 4.78 is 5.80. The molecule has 20 heavy (non-hydrogen) atoms. The van der Waals surface area contributed by atoms with Gasteiger partial charge in [-0.05, 0) is 25.6 Å². The molecule has 3 rings (SSSR count). The normalized spacial score (nSPS) is 17.5. The molecule has 1 aromatic heterocycles. The Morgan fingerprint density at radius 1 is 1.10 bits per heavy atom. The Balaban J connectivity index is 1.70. The maximum atomic E-state index is 5.80. The lowest BCUT2D eigenvalue weighted by Gasteiger charge is -2.31. The number of hydrogen-bond donors (Lipinski definition) is 0. The van der Waals surface area contributed by atoms with Gasteiger partial charge in [0.2, 0.25) is 11.8 Å². The molecule has 0 saturated carbocycles. The molecule has 0 bridgehead atoms. The third-order valence-electron chi connectivity index (χ3n) is 3.80. The van der Waals surface area contributed by atoms with Crippen LogP contribution in [-0.4, -0.2) is 53.2 Å².